The molecule has 3 aliphatic rings. The minimum absolute atomic E-state index is 0.157. The van der Waals surface area contributed by atoms with Crippen LogP contribution in [0.2, 0.25) is 0 Å². The molecule has 3 aliphatic carbocycles. The second-order valence-corrected chi connectivity index (χ2v) is 29.5. The summed E-state index contributed by atoms with van der Waals surface area (Å²) >= 11 is 0. The van der Waals surface area contributed by atoms with E-state index < -0.39 is 5.41 Å². The maximum Gasteiger partial charge on any atom is 0.127 e. The summed E-state index contributed by atoms with van der Waals surface area (Å²) in [6, 6.07) is 133. The number of nitrogens with zero attached hydrogens (tertiary/aromatic N) is 2. The van der Waals surface area contributed by atoms with Crippen LogP contribution >= 0.6 is 0 Å². The zero-order valence-electron chi connectivity index (χ0n) is 59.7. The van der Waals surface area contributed by atoms with Crippen molar-refractivity contribution in [1.29, 1.82) is 0 Å². The quantitative estimate of drug-likeness (QED) is 0.0959. The van der Waals surface area contributed by atoms with Crippen molar-refractivity contribution in [3.05, 3.63) is 408 Å². The molecule has 0 fully saturated rings. The van der Waals surface area contributed by atoms with Gasteiger partial charge in [0.2, 0.25) is 0 Å². The first-order valence-electron chi connectivity index (χ1n) is 36.7. The van der Waals surface area contributed by atoms with Crippen LogP contribution in [0.1, 0.15) is 104 Å². The van der Waals surface area contributed by atoms with Crippen LogP contribution in [0.3, 0.4) is 0 Å². The molecule has 500 valence electrons. The fourth-order valence-corrected chi connectivity index (χ4v) is 17.2. The molecule has 104 heavy (non-hydrogen) atoms. The Morgan fingerprint density at radius 3 is 0.962 bits per heavy atom. The second kappa shape index (κ2) is 25.6. The first kappa shape index (κ1) is 63.8. The molecule has 0 bridgehead atoms. The summed E-state index contributed by atoms with van der Waals surface area (Å²) in [4.78, 5) is 4.85. The average molecular weight is 1340 g/mol. The first-order valence-corrected chi connectivity index (χ1v) is 36.7. The van der Waals surface area contributed by atoms with Crippen LogP contribution < -0.4 is 14.5 Å². The normalized spacial score (nSPS) is 13.9. The minimum Gasteiger partial charge on any atom is -0.457 e. The molecule has 0 saturated heterocycles. The van der Waals surface area contributed by atoms with Crippen molar-refractivity contribution in [3.8, 4) is 89.4 Å². The summed E-state index contributed by atoms with van der Waals surface area (Å²) in [5.41, 5.74) is 34.1. The van der Waals surface area contributed by atoms with E-state index in [4.69, 9.17) is 4.74 Å². The van der Waals surface area contributed by atoms with Gasteiger partial charge in [-0.05, 0) is 249 Å². The van der Waals surface area contributed by atoms with Crippen LogP contribution in [0.25, 0.3) is 77.9 Å². The highest BCUT2D eigenvalue weighted by atomic mass is 16.5. The molecule has 0 heterocycles. The van der Waals surface area contributed by atoms with Crippen LogP contribution in [0.4, 0.5) is 34.1 Å². The van der Waals surface area contributed by atoms with E-state index in [-0.39, 0.29) is 10.8 Å². The standard InChI is InChI=1S/C101H80N2O/c1-7-67(2)68-39-55-85(56-40-68)104-86-57-43-78(44-58-86)101(77-25-15-10-16-26-77)97-63-75(73-35-49-81(50-36-73)102(79-45-31-71(32-46-79)69-21-11-8-12-22-69)83-53-61-89-87-27-17-19-29-93(87)99(3,4)95(89)65-83)41-59-91(97)92-60-42-76(64-98(92)101)74-37-51-82(52-38-74)103(80-47-33-72(34-48-80)70-23-13-9-14-24-70)84-54-62-90-88-28-18-20-30-94(88)100(5,6)96(90)66-84/h8-67H,7H2,1-6H3. The molecule has 0 saturated carbocycles. The Balaban J connectivity index is 0.745. The highest BCUT2D eigenvalue weighted by molar-refractivity contribution is 5.93. The van der Waals surface area contributed by atoms with Crippen molar-refractivity contribution in [2.24, 2.45) is 0 Å². The van der Waals surface area contributed by atoms with Gasteiger partial charge in [-0.15, -0.1) is 0 Å². The Hall–Kier alpha value is -12.3. The fraction of sp³-hybridized carbons (Fsp3) is 0.109. The number of benzene rings is 15. The number of fused-ring (bicyclic) bond motifs is 9. The van der Waals surface area contributed by atoms with Gasteiger partial charge in [-0.2, -0.15) is 0 Å². The topological polar surface area (TPSA) is 15.7 Å². The molecule has 0 aromatic heterocycles. The Morgan fingerprint density at radius 2 is 0.558 bits per heavy atom. The van der Waals surface area contributed by atoms with Crippen LogP contribution in [0.15, 0.2) is 358 Å². The van der Waals surface area contributed by atoms with E-state index in [1.165, 1.54) is 100 Å². The van der Waals surface area contributed by atoms with Gasteiger partial charge in [0, 0.05) is 45.0 Å². The Morgan fingerprint density at radius 1 is 0.260 bits per heavy atom. The van der Waals surface area contributed by atoms with Gasteiger partial charge < -0.3 is 14.5 Å². The SMILES string of the molecule is CCC(C)c1ccc(Oc2ccc(C3(c4ccccc4)c4cc(-c5ccc(N(c6ccc(-c7ccccc7)cc6)c6ccc7c(c6)C(C)(C)c6ccccc6-7)cc5)ccc4-c4ccc(-c5ccc(N(c6ccc(-c7ccccc7)cc6)c6ccc7c(c6)C(C)(C)c6ccccc6-7)cc5)cc43)cc2)cc1. The predicted molar refractivity (Wildman–Crippen MR) is 435 cm³/mol. The predicted octanol–water partition coefficient (Wildman–Crippen LogP) is 27.6. The van der Waals surface area contributed by atoms with Crippen molar-refractivity contribution in [3.63, 3.8) is 0 Å². The maximum absolute atomic E-state index is 6.69. The molecule has 18 rings (SSSR count). The van der Waals surface area contributed by atoms with Crippen LogP contribution in [-0.2, 0) is 16.2 Å². The molecule has 15 aromatic carbocycles. The molecule has 3 nitrogen and oxygen atoms in total. The van der Waals surface area contributed by atoms with Gasteiger partial charge in [0.25, 0.3) is 0 Å². The molecular weight excluding hydrogens is 1260 g/mol. The molecule has 1 unspecified atom stereocenters. The van der Waals surface area contributed by atoms with E-state index in [9.17, 15) is 0 Å². The summed E-state index contributed by atoms with van der Waals surface area (Å²) in [5.74, 6) is 2.09. The lowest BCUT2D eigenvalue weighted by Gasteiger charge is -2.34. The highest BCUT2D eigenvalue weighted by Crippen LogP contribution is 2.59. The second-order valence-electron chi connectivity index (χ2n) is 29.5. The minimum atomic E-state index is -0.734. The molecule has 0 aliphatic heterocycles. The van der Waals surface area contributed by atoms with Crippen molar-refractivity contribution in [2.45, 2.75) is 70.1 Å². The van der Waals surface area contributed by atoms with Gasteiger partial charge in [-0.25, -0.2) is 0 Å². The van der Waals surface area contributed by atoms with Crippen molar-refractivity contribution < 1.29 is 4.74 Å². The van der Waals surface area contributed by atoms with E-state index in [0.717, 1.165) is 79.9 Å². The van der Waals surface area contributed by atoms with Gasteiger partial charge >= 0.3 is 0 Å². The van der Waals surface area contributed by atoms with Crippen molar-refractivity contribution in [1.82, 2.24) is 0 Å². The summed E-state index contributed by atoms with van der Waals surface area (Å²) in [6.07, 6.45) is 1.09. The molecule has 15 aromatic rings. The number of hydrogen-bond donors (Lipinski definition) is 0. The molecule has 0 N–H and O–H groups in total. The van der Waals surface area contributed by atoms with E-state index in [0.29, 0.717) is 5.92 Å². The van der Waals surface area contributed by atoms with Gasteiger partial charge in [0.1, 0.15) is 11.5 Å². The van der Waals surface area contributed by atoms with Crippen molar-refractivity contribution in [2.75, 3.05) is 9.80 Å². The Bertz CT molecular complexity index is 5410. The number of hydrogen-bond acceptors (Lipinski definition) is 3. The summed E-state index contributed by atoms with van der Waals surface area (Å²) in [7, 11) is 0. The van der Waals surface area contributed by atoms with E-state index in [1.807, 2.05) is 0 Å². The largest absolute Gasteiger partial charge is 0.457 e. The monoisotopic (exact) mass is 1340 g/mol. The van der Waals surface area contributed by atoms with Gasteiger partial charge in [-0.1, -0.05) is 290 Å². The summed E-state index contributed by atoms with van der Waals surface area (Å²) < 4.78 is 6.69. The van der Waals surface area contributed by atoms with Crippen LogP contribution in [0.5, 0.6) is 11.5 Å². The maximum atomic E-state index is 6.69. The van der Waals surface area contributed by atoms with E-state index >= 15 is 0 Å². The number of ether oxygens (including phenoxy) is 1. The highest BCUT2D eigenvalue weighted by Gasteiger charge is 2.47. The van der Waals surface area contributed by atoms with Gasteiger partial charge in [0.05, 0.1) is 5.41 Å². The third-order valence-electron chi connectivity index (χ3n) is 23.0. The van der Waals surface area contributed by atoms with E-state index in [2.05, 4.69) is 409 Å². The van der Waals surface area contributed by atoms with Gasteiger partial charge in [-0.3, -0.25) is 0 Å². The summed E-state index contributed by atoms with van der Waals surface area (Å²) in [5, 5.41) is 0. The third kappa shape index (κ3) is 10.8. The fourth-order valence-electron chi connectivity index (χ4n) is 17.2. The molecule has 0 spiro atoms. The first-order chi connectivity index (χ1) is 50.9. The molecule has 1 atom stereocenters. The smallest absolute Gasteiger partial charge is 0.127 e. The van der Waals surface area contributed by atoms with Gasteiger partial charge in [0.15, 0.2) is 0 Å². The molecule has 0 radical (unpaired) electrons. The van der Waals surface area contributed by atoms with E-state index in [1.54, 1.807) is 0 Å². The van der Waals surface area contributed by atoms with Crippen LogP contribution in [-0.4, -0.2) is 0 Å². The molecule has 3 heteroatoms. The Kier molecular flexibility index (Phi) is 15.7. The lowest BCUT2D eigenvalue weighted by molar-refractivity contribution is 0.481. The number of rotatable bonds is 16. The zero-order chi connectivity index (χ0) is 70.3. The average Bonchev–Trinajstić information content (AvgIpc) is 1.52. The lowest BCUT2D eigenvalue weighted by atomic mass is 9.67. The zero-order valence-corrected chi connectivity index (χ0v) is 59.7. The van der Waals surface area contributed by atoms with Crippen molar-refractivity contribution >= 4 is 34.1 Å². The third-order valence-corrected chi connectivity index (χ3v) is 23.0. The summed E-state index contributed by atoms with van der Waals surface area (Å²) in [6.45, 7) is 14.0. The number of anilines is 6. The lowest BCUT2D eigenvalue weighted by Crippen LogP contribution is -2.28. The molecular formula is C101H80N2O. The molecule has 0 amide bonds. The van der Waals surface area contributed by atoms with Crippen LogP contribution in [0, 0.1) is 0 Å². The Labute approximate surface area is 612 Å².